The van der Waals surface area contributed by atoms with Crippen LogP contribution in [-0.2, 0) is 18.3 Å². The summed E-state index contributed by atoms with van der Waals surface area (Å²) in [4.78, 5) is 20.7. The summed E-state index contributed by atoms with van der Waals surface area (Å²) in [7, 11) is 0. The van der Waals surface area contributed by atoms with Crippen molar-refractivity contribution < 1.29 is 4.79 Å². The van der Waals surface area contributed by atoms with Crippen molar-refractivity contribution in [1.29, 1.82) is 0 Å². The van der Waals surface area contributed by atoms with Crippen LogP contribution in [-0.4, -0.2) is 15.9 Å². The summed E-state index contributed by atoms with van der Waals surface area (Å²) in [5, 5.41) is 3.02. The summed E-state index contributed by atoms with van der Waals surface area (Å²) in [6.45, 7) is 6.67. The molecule has 5 rings (SSSR count). The fourth-order valence-electron chi connectivity index (χ4n) is 5.62. The van der Waals surface area contributed by atoms with E-state index >= 15 is 0 Å². The van der Waals surface area contributed by atoms with E-state index in [0.29, 0.717) is 5.56 Å². The van der Waals surface area contributed by atoms with Crippen LogP contribution in [0, 0.1) is 6.92 Å². The zero-order valence-electron chi connectivity index (χ0n) is 22.5. The van der Waals surface area contributed by atoms with Crippen LogP contribution in [0.5, 0.6) is 0 Å². The van der Waals surface area contributed by atoms with Crippen LogP contribution in [0.3, 0.4) is 0 Å². The van der Waals surface area contributed by atoms with Gasteiger partial charge in [0.05, 0.1) is 5.41 Å². The second-order valence-electron chi connectivity index (χ2n) is 10.2. The van der Waals surface area contributed by atoms with Crippen molar-refractivity contribution in [2.24, 2.45) is 0 Å². The summed E-state index contributed by atoms with van der Waals surface area (Å²) in [6, 6.07) is 24.2. The summed E-state index contributed by atoms with van der Waals surface area (Å²) < 4.78 is 0. The van der Waals surface area contributed by atoms with Crippen LogP contribution in [0.4, 0.5) is 5.69 Å². The molecule has 39 heavy (non-hydrogen) atoms. The SMILES string of the molecule is C=C1/C=C\C=C/Cc2ccccc2C1(CCCCc1ccc(NC(=O)c2ccccc2)cc1C)c1ncc[nH]1. The second kappa shape index (κ2) is 12.0. The van der Waals surface area contributed by atoms with Crippen LogP contribution in [0.15, 0.2) is 122 Å². The molecule has 0 saturated heterocycles. The number of hydrogen-bond acceptors (Lipinski definition) is 2. The van der Waals surface area contributed by atoms with Gasteiger partial charge in [-0.15, -0.1) is 0 Å². The van der Waals surface area contributed by atoms with Crippen LogP contribution in [0.1, 0.15) is 57.7 Å². The number of H-pyrrole nitrogens is 1. The lowest BCUT2D eigenvalue weighted by Gasteiger charge is -2.35. The third-order valence-electron chi connectivity index (χ3n) is 7.69. The molecule has 1 unspecified atom stereocenters. The number of amides is 1. The third kappa shape index (κ3) is 5.70. The lowest BCUT2D eigenvalue weighted by molar-refractivity contribution is 0.102. The van der Waals surface area contributed by atoms with E-state index in [-0.39, 0.29) is 5.91 Å². The predicted molar refractivity (Wildman–Crippen MR) is 160 cm³/mol. The van der Waals surface area contributed by atoms with E-state index in [1.54, 1.807) is 0 Å². The molecule has 2 N–H and O–H groups in total. The first-order valence-corrected chi connectivity index (χ1v) is 13.6. The van der Waals surface area contributed by atoms with Gasteiger partial charge >= 0.3 is 0 Å². The standard InChI is InChI=1S/C35H35N3O/c1-26-25-31(38-33(39)30-17-7-4-8-18-30)21-20-28(26)14-11-12-22-35(34-36-23-24-37-34)27(2)13-5-3-6-15-29-16-9-10-19-32(29)35/h3-10,13,16-21,23-25H,2,11-12,14-15,22H2,1H3,(H,36,37)(H,38,39)/b6-3-,13-5-. The third-order valence-corrected chi connectivity index (χ3v) is 7.69. The Kier molecular flexibility index (Phi) is 8.02. The maximum atomic E-state index is 12.5. The van der Waals surface area contributed by atoms with Gasteiger partial charge < -0.3 is 10.3 Å². The van der Waals surface area contributed by atoms with Gasteiger partial charge in [-0.05, 0) is 84.7 Å². The lowest BCUT2D eigenvalue weighted by Crippen LogP contribution is -2.32. The number of aromatic nitrogens is 2. The Morgan fingerprint density at radius 2 is 1.85 bits per heavy atom. The first kappa shape index (κ1) is 26.2. The molecule has 4 heteroatoms. The first-order valence-electron chi connectivity index (χ1n) is 13.6. The number of allylic oxidation sites excluding steroid dienone is 5. The van der Waals surface area contributed by atoms with Crippen molar-refractivity contribution in [2.75, 3.05) is 5.32 Å². The molecule has 1 heterocycles. The maximum absolute atomic E-state index is 12.5. The predicted octanol–water partition coefficient (Wildman–Crippen LogP) is 7.89. The number of imidazole rings is 1. The molecule has 0 spiro atoms. The highest BCUT2D eigenvalue weighted by molar-refractivity contribution is 6.04. The Hall–Kier alpha value is -4.44. The van der Waals surface area contributed by atoms with Crippen molar-refractivity contribution in [3.8, 4) is 0 Å². The smallest absolute Gasteiger partial charge is 0.255 e. The van der Waals surface area contributed by atoms with Crippen molar-refractivity contribution in [2.45, 2.75) is 44.4 Å². The van der Waals surface area contributed by atoms with Crippen molar-refractivity contribution in [3.05, 3.63) is 155 Å². The van der Waals surface area contributed by atoms with E-state index in [0.717, 1.165) is 49.2 Å². The molecule has 0 fully saturated rings. The van der Waals surface area contributed by atoms with Gasteiger partial charge in [0.2, 0.25) is 0 Å². The number of carbonyl (C=O) groups is 1. The molecule has 3 aromatic carbocycles. The number of aromatic amines is 1. The van der Waals surface area contributed by atoms with Crippen LogP contribution >= 0.6 is 0 Å². The molecule has 0 radical (unpaired) electrons. The average molecular weight is 514 g/mol. The molecular weight excluding hydrogens is 478 g/mol. The zero-order chi connectivity index (χ0) is 27.1. The highest BCUT2D eigenvalue weighted by Gasteiger charge is 2.39. The van der Waals surface area contributed by atoms with Crippen LogP contribution in [0.25, 0.3) is 0 Å². The number of anilines is 1. The summed E-state index contributed by atoms with van der Waals surface area (Å²) >= 11 is 0. The Balaban J connectivity index is 1.31. The fourth-order valence-corrected chi connectivity index (χ4v) is 5.62. The van der Waals surface area contributed by atoms with E-state index in [1.165, 1.54) is 22.3 Å². The van der Waals surface area contributed by atoms with Gasteiger partial charge in [-0.3, -0.25) is 4.79 Å². The molecule has 0 saturated carbocycles. The highest BCUT2D eigenvalue weighted by atomic mass is 16.1. The molecule has 1 aliphatic carbocycles. The lowest BCUT2D eigenvalue weighted by atomic mass is 9.68. The monoisotopic (exact) mass is 513 g/mol. The van der Waals surface area contributed by atoms with Crippen LogP contribution in [0.2, 0.25) is 0 Å². The van der Waals surface area contributed by atoms with Gasteiger partial charge in [0.25, 0.3) is 5.91 Å². The number of rotatable bonds is 8. The van der Waals surface area contributed by atoms with E-state index in [9.17, 15) is 4.79 Å². The molecule has 4 nitrogen and oxygen atoms in total. The van der Waals surface area contributed by atoms with Gasteiger partial charge in [0.15, 0.2) is 0 Å². The number of benzene rings is 3. The van der Waals surface area contributed by atoms with Gasteiger partial charge in [0, 0.05) is 23.6 Å². The number of aryl methyl sites for hydroxylation is 2. The molecule has 1 atom stereocenters. The second-order valence-corrected chi connectivity index (χ2v) is 10.2. The van der Waals surface area contributed by atoms with E-state index in [2.05, 4.69) is 84.5 Å². The minimum atomic E-state index is -0.413. The number of unbranched alkanes of at least 4 members (excludes halogenated alkanes) is 1. The van der Waals surface area contributed by atoms with Crippen molar-refractivity contribution >= 4 is 11.6 Å². The molecule has 196 valence electrons. The topological polar surface area (TPSA) is 57.8 Å². The molecule has 1 aliphatic rings. The number of nitrogens with zero attached hydrogens (tertiary/aromatic N) is 1. The van der Waals surface area contributed by atoms with E-state index in [4.69, 9.17) is 4.98 Å². The maximum Gasteiger partial charge on any atom is 0.255 e. The summed E-state index contributed by atoms with van der Waals surface area (Å²) in [6.07, 6.45) is 17.1. The normalized spacial score (nSPS) is 18.3. The Bertz CT molecular complexity index is 1500. The number of fused-ring (bicyclic) bond motifs is 1. The Labute approximate surface area is 231 Å². The van der Waals surface area contributed by atoms with E-state index < -0.39 is 5.41 Å². The van der Waals surface area contributed by atoms with Gasteiger partial charge in [-0.2, -0.15) is 0 Å². The quantitative estimate of drug-likeness (QED) is 0.235. The number of hydrogen-bond donors (Lipinski definition) is 2. The average Bonchev–Trinajstić information content (AvgIpc) is 3.51. The highest BCUT2D eigenvalue weighted by Crippen LogP contribution is 2.44. The number of nitrogens with one attached hydrogen (secondary N) is 2. The van der Waals surface area contributed by atoms with Crippen molar-refractivity contribution in [1.82, 2.24) is 9.97 Å². The van der Waals surface area contributed by atoms with Gasteiger partial charge in [0.1, 0.15) is 5.82 Å². The largest absolute Gasteiger partial charge is 0.348 e. The summed E-state index contributed by atoms with van der Waals surface area (Å²) in [5.41, 5.74) is 7.18. The molecule has 1 amide bonds. The first-order chi connectivity index (χ1) is 19.1. The molecule has 0 aliphatic heterocycles. The van der Waals surface area contributed by atoms with Gasteiger partial charge in [-0.1, -0.05) is 85.8 Å². The molecule has 4 aromatic rings. The Morgan fingerprint density at radius 1 is 1.03 bits per heavy atom. The number of carbonyl (C=O) groups excluding carboxylic acids is 1. The molecule has 1 aromatic heterocycles. The summed E-state index contributed by atoms with van der Waals surface area (Å²) in [5.74, 6) is 0.854. The van der Waals surface area contributed by atoms with Crippen LogP contribution < -0.4 is 5.32 Å². The minimum Gasteiger partial charge on any atom is -0.348 e. The Morgan fingerprint density at radius 3 is 2.64 bits per heavy atom. The molecule has 0 bridgehead atoms. The van der Waals surface area contributed by atoms with Crippen molar-refractivity contribution in [3.63, 3.8) is 0 Å². The van der Waals surface area contributed by atoms with E-state index in [1.807, 2.05) is 48.8 Å². The van der Waals surface area contributed by atoms with Gasteiger partial charge in [-0.25, -0.2) is 4.98 Å². The fraction of sp³-hybridized carbons (Fsp3) is 0.200. The molecular formula is C35H35N3O. The minimum absolute atomic E-state index is 0.0919. The zero-order valence-corrected chi connectivity index (χ0v) is 22.5.